The van der Waals surface area contributed by atoms with Crippen LogP contribution in [0.25, 0.3) is 10.9 Å². The first kappa shape index (κ1) is 19.1. The van der Waals surface area contributed by atoms with Crippen LogP contribution in [0.15, 0.2) is 48.5 Å². The topological polar surface area (TPSA) is 86.8 Å². The number of hydrogen-bond donors (Lipinski definition) is 1. The van der Waals surface area contributed by atoms with Gasteiger partial charge in [0.15, 0.2) is 12.3 Å². The molecular formula is C20H17FN2O5. The normalized spacial score (nSPS) is 10.4. The Bertz CT molecular complexity index is 1020. The molecular weight excluding hydrogens is 367 g/mol. The lowest BCUT2D eigenvalue weighted by Crippen LogP contribution is -2.20. The van der Waals surface area contributed by atoms with Crippen LogP contribution < -0.4 is 14.8 Å². The van der Waals surface area contributed by atoms with E-state index in [1.54, 1.807) is 31.4 Å². The fraction of sp³-hybridized carbons (Fsp3) is 0.150. The number of anilines is 1. The van der Waals surface area contributed by atoms with Gasteiger partial charge in [0.25, 0.3) is 5.91 Å². The van der Waals surface area contributed by atoms with Crippen LogP contribution in [0.1, 0.15) is 10.5 Å². The fourth-order valence-electron chi connectivity index (χ4n) is 2.51. The molecule has 2 aromatic carbocycles. The minimum Gasteiger partial charge on any atom is -0.497 e. The molecule has 3 aromatic rings. The molecule has 0 saturated heterocycles. The second-order valence-corrected chi connectivity index (χ2v) is 5.72. The summed E-state index contributed by atoms with van der Waals surface area (Å²) < 4.78 is 28.9. The van der Waals surface area contributed by atoms with Crippen molar-refractivity contribution < 1.29 is 28.2 Å². The Morgan fingerprint density at radius 2 is 1.82 bits per heavy atom. The van der Waals surface area contributed by atoms with Gasteiger partial charge in [-0.15, -0.1) is 0 Å². The van der Waals surface area contributed by atoms with Crippen molar-refractivity contribution in [1.82, 2.24) is 4.98 Å². The second kappa shape index (κ2) is 8.34. The molecule has 0 radical (unpaired) electrons. The Morgan fingerprint density at radius 3 is 2.50 bits per heavy atom. The molecule has 8 heteroatoms. The molecule has 1 aromatic heterocycles. The lowest BCUT2D eigenvalue weighted by Gasteiger charge is -2.11. The molecule has 28 heavy (non-hydrogen) atoms. The Kier molecular flexibility index (Phi) is 5.69. The molecule has 3 rings (SSSR count). The van der Waals surface area contributed by atoms with Crippen molar-refractivity contribution in [2.45, 2.75) is 0 Å². The van der Waals surface area contributed by atoms with Crippen LogP contribution in [0.5, 0.6) is 11.5 Å². The Balaban J connectivity index is 1.79. The molecule has 0 atom stereocenters. The Morgan fingerprint density at radius 1 is 1.07 bits per heavy atom. The zero-order valence-electron chi connectivity index (χ0n) is 15.2. The first-order chi connectivity index (χ1) is 13.5. The molecule has 0 aliphatic rings. The highest BCUT2D eigenvalue weighted by Gasteiger charge is 2.15. The molecule has 0 unspecified atom stereocenters. The van der Waals surface area contributed by atoms with Crippen LogP contribution in [0.2, 0.25) is 0 Å². The number of carbonyl (C=O) groups excluding carboxylic acids is 2. The van der Waals surface area contributed by atoms with Gasteiger partial charge in [-0.2, -0.15) is 0 Å². The van der Waals surface area contributed by atoms with E-state index in [1.165, 1.54) is 31.4 Å². The van der Waals surface area contributed by atoms with Crippen molar-refractivity contribution in [2.75, 3.05) is 26.1 Å². The summed E-state index contributed by atoms with van der Waals surface area (Å²) in [4.78, 5) is 28.1. The van der Waals surface area contributed by atoms with E-state index in [2.05, 4.69) is 15.0 Å². The van der Waals surface area contributed by atoms with Crippen molar-refractivity contribution >= 4 is 28.5 Å². The van der Waals surface area contributed by atoms with Gasteiger partial charge >= 0.3 is 5.97 Å². The van der Waals surface area contributed by atoms with Gasteiger partial charge in [0.1, 0.15) is 17.3 Å². The van der Waals surface area contributed by atoms with Crippen LogP contribution >= 0.6 is 0 Å². The summed E-state index contributed by atoms with van der Waals surface area (Å²) in [6.07, 6.45) is 0. The van der Waals surface area contributed by atoms with E-state index in [-0.39, 0.29) is 18.1 Å². The van der Waals surface area contributed by atoms with E-state index in [9.17, 15) is 14.0 Å². The van der Waals surface area contributed by atoms with Gasteiger partial charge in [-0.3, -0.25) is 4.79 Å². The predicted molar refractivity (Wildman–Crippen MR) is 100 cm³/mol. The number of halogens is 1. The summed E-state index contributed by atoms with van der Waals surface area (Å²) in [7, 11) is 2.77. The van der Waals surface area contributed by atoms with Gasteiger partial charge in [0.2, 0.25) is 0 Å². The number of amides is 1. The quantitative estimate of drug-likeness (QED) is 0.657. The van der Waals surface area contributed by atoms with Gasteiger partial charge in [-0.1, -0.05) is 0 Å². The van der Waals surface area contributed by atoms with Crippen molar-refractivity contribution in [2.24, 2.45) is 0 Å². The predicted octanol–water partition coefficient (Wildman–Crippen LogP) is 3.19. The van der Waals surface area contributed by atoms with Crippen molar-refractivity contribution in [3.05, 3.63) is 60.0 Å². The molecule has 144 valence electrons. The zero-order chi connectivity index (χ0) is 20.1. The lowest BCUT2D eigenvalue weighted by atomic mass is 10.1. The average Bonchev–Trinajstić information content (AvgIpc) is 2.71. The third-order valence-electron chi connectivity index (χ3n) is 3.86. The largest absolute Gasteiger partial charge is 0.497 e. The number of rotatable bonds is 6. The summed E-state index contributed by atoms with van der Waals surface area (Å²) in [5.41, 5.74) is 0.900. The minimum absolute atomic E-state index is 0.00725. The number of nitrogens with one attached hydrogen (secondary N) is 1. The number of nitrogens with zero attached hydrogens (tertiary/aromatic N) is 1. The first-order valence-corrected chi connectivity index (χ1v) is 8.25. The van der Waals surface area contributed by atoms with Gasteiger partial charge in [0.05, 0.1) is 19.7 Å². The number of pyridine rings is 1. The summed E-state index contributed by atoms with van der Waals surface area (Å²) in [6.45, 7) is -0.345. The monoisotopic (exact) mass is 384 g/mol. The maximum absolute atomic E-state index is 13.6. The molecule has 1 amide bonds. The lowest BCUT2D eigenvalue weighted by molar-refractivity contribution is -0.118. The SMILES string of the molecule is COC(=O)c1cc(OCC(=O)Nc2ccc(OC)cc2)c2cc(F)ccc2n1. The fourth-order valence-corrected chi connectivity index (χ4v) is 2.51. The third-order valence-corrected chi connectivity index (χ3v) is 3.86. The molecule has 7 nitrogen and oxygen atoms in total. The molecule has 0 aliphatic heterocycles. The van der Waals surface area contributed by atoms with E-state index in [4.69, 9.17) is 9.47 Å². The third kappa shape index (κ3) is 4.35. The number of hydrogen-bond acceptors (Lipinski definition) is 6. The number of ether oxygens (including phenoxy) is 3. The number of fused-ring (bicyclic) bond motifs is 1. The van der Waals surface area contributed by atoms with Crippen molar-refractivity contribution in [3.8, 4) is 11.5 Å². The van der Waals surface area contributed by atoms with Crippen LogP contribution in [0.4, 0.5) is 10.1 Å². The summed E-state index contributed by atoms with van der Waals surface area (Å²) in [6, 6.07) is 12.0. The van der Waals surface area contributed by atoms with Crippen molar-refractivity contribution in [1.29, 1.82) is 0 Å². The standard InChI is InChI=1S/C20H17FN2O5/c1-26-14-6-4-13(5-7-14)22-19(24)11-28-18-10-17(20(25)27-2)23-16-8-3-12(21)9-15(16)18/h3-10H,11H2,1-2H3,(H,22,24). The van der Waals surface area contributed by atoms with Gasteiger partial charge in [-0.05, 0) is 42.5 Å². The van der Waals surface area contributed by atoms with Gasteiger partial charge in [0, 0.05) is 17.1 Å². The summed E-state index contributed by atoms with van der Waals surface area (Å²) in [5, 5.41) is 3.01. The highest BCUT2D eigenvalue weighted by Crippen LogP contribution is 2.27. The maximum atomic E-state index is 13.6. The van der Waals surface area contributed by atoms with E-state index in [0.29, 0.717) is 22.3 Å². The van der Waals surface area contributed by atoms with E-state index in [1.807, 2.05) is 0 Å². The van der Waals surface area contributed by atoms with E-state index >= 15 is 0 Å². The number of esters is 1. The smallest absolute Gasteiger partial charge is 0.356 e. The van der Waals surface area contributed by atoms with Crippen LogP contribution in [-0.2, 0) is 9.53 Å². The number of benzene rings is 2. The number of methoxy groups -OCH3 is 2. The second-order valence-electron chi connectivity index (χ2n) is 5.72. The first-order valence-electron chi connectivity index (χ1n) is 8.25. The van der Waals surface area contributed by atoms with Gasteiger partial charge < -0.3 is 19.5 Å². The Labute approximate surface area is 160 Å². The molecule has 0 aliphatic carbocycles. The summed E-state index contributed by atoms with van der Waals surface area (Å²) >= 11 is 0. The number of aromatic nitrogens is 1. The molecule has 1 N–H and O–H groups in total. The minimum atomic E-state index is -0.668. The highest BCUT2D eigenvalue weighted by molar-refractivity contribution is 5.95. The molecule has 0 saturated carbocycles. The maximum Gasteiger partial charge on any atom is 0.356 e. The van der Waals surface area contributed by atoms with E-state index in [0.717, 1.165) is 0 Å². The molecule has 0 spiro atoms. The molecule has 0 fully saturated rings. The van der Waals surface area contributed by atoms with Crippen LogP contribution in [0, 0.1) is 5.82 Å². The molecule has 0 bridgehead atoms. The summed E-state index contributed by atoms with van der Waals surface area (Å²) in [5.74, 6) is -0.776. The Hall–Kier alpha value is -3.68. The number of carbonyl (C=O) groups is 2. The van der Waals surface area contributed by atoms with Crippen LogP contribution in [0.3, 0.4) is 0 Å². The van der Waals surface area contributed by atoms with Crippen molar-refractivity contribution in [3.63, 3.8) is 0 Å². The average molecular weight is 384 g/mol. The zero-order valence-corrected chi connectivity index (χ0v) is 15.2. The molecule has 1 heterocycles. The highest BCUT2D eigenvalue weighted by atomic mass is 19.1. The van der Waals surface area contributed by atoms with Crippen LogP contribution in [-0.4, -0.2) is 37.7 Å². The van der Waals surface area contributed by atoms with E-state index < -0.39 is 17.7 Å². The van der Waals surface area contributed by atoms with Gasteiger partial charge in [-0.25, -0.2) is 14.2 Å².